The predicted molar refractivity (Wildman–Crippen MR) is 73.0 cm³/mol. The molecule has 0 radical (unpaired) electrons. The molecule has 1 amide bonds. The number of carbonyl (C=O) groups excluding carboxylic acids is 1. The van der Waals surface area contributed by atoms with E-state index in [1.807, 2.05) is 0 Å². The van der Waals surface area contributed by atoms with Crippen LogP contribution in [0.3, 0.4) is 0 Å². The molecule has 20 heavy (non-hydrogen) atoms. The number of carbonyl (C=O) groups is 1. The summed E-state index contributed by atoms with van der Waals surface area (Å²) in [5, 5.41) is 0.192. The van der Waals surface area contributed by atoms with Crippen LogP contribution in [-0.4, -0.2) is 17.4 Å². The highest BCUT2D eigenvalue weighted by molar-refractivity contribution is 6.29. The van der Waals surface area contributed by atoms with Gasteiger partial charge in [-0.3, -0.25) is 4.79 Å². The number of amides is 1. The van der Waals surface area contributed by atoms with Gasteiger partial charge in [0, 0.05) is 30.1 Å². The third-order valence-corrected chi connectivity index (χ3v) is 2.96. The molecule has 0 saturated carbocycles. The quantitative estimate of drug-likeness (QED) is 0.810. The van der Waals surface area contributed by atoms with Gasteiger partial charge in [0.15, 0.2) is 11.6 Å². The lowest BCUT2D eigenvalue weighted by molar-refractivity contribution is 0.0988. The minimum atomic E-state index is -0.999. The largest absolute Gasteiger partial charge is 0.309 e. The molecule has 1 aromatic heterocycles. The first kappa shape index (κ1) is 14.4. The maximum Gasteiger partial charge on any atom is 0.258 e. The van der Waals surface area contributed by atoms with E-state index in [9.17, 15) is 13.6 Å². The van der Waals surface area contributed by atoms with Crippen molar-refractivity contribution >= 4 is 23.2 Å². The summed E-state index contributed by atoms with van der Waals surface area (Å²) in [6, 6.07) is 6.26. The van der Waals surface area contributed by atoms with E-state index < -0.39 is 11.6 Å². The SMILES string of the molecule is CCN(C(=O)c1ccnc(Cl)c1)c1ccc(F)c(F)c1. The predicted octanol–water partition coefficient (Wildman–Crippen LogP) is 3.68. The molecule has 0 aliphatic heterocycles. The molecule has 3 nitrogen and oxygen atoms in total. The van der Waals surface area contributed by atoms with Crippen molar-refractivity contribution in [3.8, 4) is 0 Å². The summed E-state index contributed by atoms with van der Waals surface area (Å²) in [5.74, 6) is -2.31. The van der Waals surface area contributed by atoms with E-state index in [0.29, 0.717) is 12.1 Å². The molecule has 0 aliphatic rings. The van der Waals surface area contributed by atoms with Crippen LogP contribution < -0.4 is 4.90 Å². The molecule has 0 bridgehead atoms. The lowest BCUT2D eigenvalue weighted by atomic mass is 10.2. The van der Waals surface area contributed by atoms with E-state index in [2.05, 4.69) is 4.98 Å². The molecule has 1 heterocycles. The van der Waals surface area contributed by atoms with Crippen LogP contribution in [0.2, 0.25) is 5.15 Å². The Balaban J connectivity index is 2.36. The first-order valence-electron chi connectivity index (χ1n) is 5.91. The van der Waals surface area contributed by atoms with Gasteiger partial charge in [-0.2, -0.15) is 0 Å². The van der Waals surface area contributed by atoms with Gasteiger partial charge in [-0.15, -0.1) is 0 Å². The number of anilines is 1. The number of rotatable bonds is 3. The third-order valence-electron chi connectivity index (χ3n) is 2.75. The molecule has 0 unspecified atom stereocenters. The molecule has 0 N–H and O–H groups in total. The average Bonchev–Trinajstić information content (AvgIpc) is 2.43. The average molecular weight is 297 g/mol. The molecule has 104 valence electrons. The van der Waals surface area contributed by atoms with Crippen LogP contribution in [0, 0.1) is 11.6 Å². The molecule has 2 rings (SSSR count). The van der Waals surface area contributed by atoms with Crippen molar-refractivity contribution in [2.75, 3.05) is 11.4 Å². The minimum absolute atomic E-state index is 0.192. The van der Waals surface area contributed by atoms with Crippen LogP contribution in [0.4, 0.5) is 14.5 Å². The molecular weight excluding hydrogens is 286 g/mol. The Labute approximate surface area is 119 Å². The van der Waals surface area contributed by atoms with E-state index in [4.69, 9.17) is 11.6 Å². The number of hydrogen-bond donors (Lipinski definition) is 0. The Kier molecular flexibility index (Phi) is 4.29. The fourth-order valence-electron chi connectivity index (χ4n) is 1.79. The van der Waals surface area contributed by atoms with Crippen molar-refractivity contribution in [2.24, 2.45) is 0 Å². The Bertz CT molecular complexity index is 649. The fraction of sp³-hybridized carbons (Fsp3) is 0.143. The Morgan fingerprint density at radius 3 is 2.60 bits per heavy atom. The molecule has 0 fully saturated rings. The van der Waals surface area contributed by atoms with Crippen LogP contribution >= 0.6 is 11.6 Å². The summed E-state index contributed by atoms with van der Waals surface area (Å²) in [4.78, 5) is 17.5. The van der Waals surface area contributed by atoms with E-state index in [1.165, 1.54) is 29.3 Å². The van der Waals surface area contributed by atoms with E-state index in [0.717, 1.165) is 12.1 Å². The van der Waals surface area contributed by atoms with Gasteiger partial charge in [-0.1, -0.05) is 11.6 Å². The summed E-state index contributed by atoms with van der Waals surface area (Å²) >= 11 is 5.74. The lowest BCUT2D eigenvalue weighted by Gasteiger charge is -2.21. The van der Waals surface area contributed by atoms with Crippen molar-refractivity contribution in [3.05, 3.63) is 58.9 Å². The second-order valence-corrected chi connectivity index (χ2v) is 4.40. The van der Waals surface area contributed by atoms with Gasteiger partial charge < -0.3 is 4.90 Å². The first-order valence-corrected chi connectivity index (χ1v) is 6.29. The van der Waals surface area contributed by atoms with Gasteiger partial charge in [-0.05, 0) is 31.2 Å². The molecule has 0 atom stereocenters. The van der Waals surface area contributed by atoms with E-state index >= 15 is 0 Å². The van der Waals surface area contributed by atoms with Crippen molar-refractivity contribution < 1.29 is 13.6 Å². The summed E-state index contributed by atoms with van der Waals surface area (Å²) < 4.78 is 26.2. The normalized spacial score (nSPS) is 10.4. The zero-order valence-corrected chi connectivity index (χ0v) is 11.4. The van der Waals surface area contributed by atoms with Crippen LogP contribution in [0.15, 0.2) is 36.5 Å². The topological polar surface area (TPSA) is 33.2 Å². The summed E-state index contributed by atoms with van der Waals surface area (Å²) in [5.41, 5.74) is 0.612. The Hall–Kier alpha value is -2.01. The van der Waals surface area contributed by atoms with Crippen LogP contribution in [0.5, 0.6) is 0 Å². The number of halogens is 3. The number of pyridine rings is 1. The molecule has 1 aromatic carbocycles. The molecule has 0 spiro atoms. The second kappa shape index (κ2) is 5.96. The van der Waals surface area contributed by atoms with Crippen molar-refractivity contribution in [2.45, 2.75) is 6.92 Å². The Morgan fingerprint density at radius 2 is 2.00 bits per heavy atom. The van der Waals surface area contributed by atoms with Crippen molar-refractivity contribution in [1.82, 2.24) is 4.98 Å². The first-order chi connectivity index (χ1) is 9.52. The van der Waals surface area contributed by atoms with Crippen molar-refractivity contribution in [1.29, 1.82) is 0 Å². The van der Waals surface area contributed by atoms with Crippen molar-refractivity contribution in [3.63, 3.8) is 0 Å². The fourth-order valence-corrected chi connectivity index (χ4v) is 1.96. The highest BCUT2D eigenvalue weighted by Gasteiger charge is 2.18. The molecule has 0 aliphatic carbocycles. The van der Waals surface area contributed by atoms with Crippen LogP contribution in [0.25, 0.3) is 0 Å². The maximum atomic E-state index is 13.3. The maximum absolute atomic E-state index is 13.3. The number of benzene rings is 1. The van der Waals surface area contributed by atoms with Gasteiger partial charge in [0.25, 0.3) is 5.91 Å². The van der Waals surface area contributed by atoms with Crippen LogP contribution in [-0.2, 0) is 0 Å². The second-order valence-electron chi connectivity index (χ2n) is 4.02. The minimum Gasteiger partial charge on any atom is -0.309 e. The van der Waals surface area contributed by atoms with Gasteiger partial charge in [0.05, 0.1) is 0 Å². The number of nitrogens with zero attached hydrogens (tertiary/aromatic N) is 2. The van der Waals surface area contributed by atoms with E-state index in [-0.39, 0.29) is 16.7 Å². The summed E-state index contributed by atoms with van der Waals surface area (Å²) in [6.07, 6.45) is 1.41. The van der Waals surface area contributed by atoms with Gasteiger partial charge >= 0.3 is 0 Å². The highest BCUT2D eigenvalue weighted by Crippen LogP contribution is 2.20. The monoisotopic (exact) mass is 296 g/mol. The molecule has 0 saturated heterocycles. The van der Waals surface area contributed by atoms with Crippen LogP contribution in [0.1, 0.15) is 17.3 Å². The van der Waals surface area contributed by atoms with Gasteiger partial charge in [-0.25, -0.2) is 13.8 Å². The number of aromatic nitrogens is 1. The summed E-state index contributed by atoms with van der Waals surface area (Å²) in [6.45, 7) is 2.05. The zero-order valence-electron chi connectivity index (χ0n) is 10.6. The molecular formula is C14H11ClF2N2O. The zero-order chi connectivity index (χ0) is 14.7. The Morgan fingerprint density at radius 1 is 1.25 bits per heavy atom. The summed E-state index contributed by atoms with van der Waals surface area (Å²) in [7, 11) is 0. The third kappa shape index (κ3) is 2.93. The van der Waals surface area contributed by atoms with E-state index in [1.54, 1.807) is 6.92 Å². The lowest BCUT2D eigenvalue weighted by Crippen LogP contribution is -2.30. The van der Waals surface area contributed by atoms with Gasteiger partial charge in [0.1, 0.15) is 5.15 Å². The molecule has 6 heteroatoms. The molecule has 2 aromatic rings. The number of hydrogen-bond acceptors (Lipinski definition) is 2. The van der Waals surface area contributed by atoms with Gasteiger partial charge in [0.2, 0.25) is 0 Å². The standard InChI is InChI=1S/C14H11ClF2N2O/c1-2-19(10-3-4-11(16)12(17)8-10)14(20)9-5-6-18-13(15)7-9/h3-8H,2H2,1H3. The highest BCUT2D eigenvalue weighted by atomic mass is 35.5. The smallest absolute Gasteiger partial charge is 0.258 e.